The lowest BCUT2D eigenvalue weighted by Crippen LogP contribution is -2.54. The molecule has 18 nitrogen and oxygen atoms in total. The molecule has 6 amide bonds. The lowest BCUT2D eigenvalue weighted by molar-refractivity contribution is -0.136. The number of benzene rings is 3. The van der Waals surface area contributed by atoms with Crippen molar-refractivity contribution in [1.29, 1.82) is 0 Å². The quantitative estimate of drug-likeness (QED) is 0.0661. The Balaban J connectivity index is 0.797. The van der Waals surface area contributed by atoms with E-state index in [9.17, 15) is 28.8 Å². The summed E-state index contributed by atoms with van der Waals surface area (Å²) in [6.45, 7) is 4.37. The van der Waals surface area contributed by atoms with Gasteiger partial charge in [-0.2, -0.15) is 4.98 Å². The number of anilines is 4. The number of aryl methyl sites for hydroxylation is 1. The molecule has 0 bridgehead atoms. The number of imide groups is 2. The Bertz CT molecular complexity index is 2210. The maximum Gasteiger partial charge on any atom is 0.266 e. The fraction of sp³-hybridized carbons (Fsp3) is 0.349. The van der Waals surface area contributed by atoms with Gasteiger partial charge in [0.15, 0.2) is 6.61 Å². The van der Waals surface area contributed by atoms with E-state index in [0.29, 0.717) is 57.6 Å². The summed E-state index contributed by atoms with van der Waals surface area (Å²) in [6.07, 6.45) is 0.336. The number of hydrogen-bond donors (Lipinski definition) is 4. The second kappa shape index (κ2) is 21.5. The Hall–Kier alpha value is -6.76. The smallest absolute Gasteiger partial charge is 0.266 e. The summed E-state index contributed by atoms with van der Waals surface area (Å²) >= 11 is 0. The Morgan fingerprint density at radius 3 is 2.26 bits per heavy atom. The normalized spacial score (nSPS) is 14.7. The number of carbonyl (C=O) groups is 6. The first-order valence-corrected chi connectivity index (χ1v) is 19.8. The highest BCUT2D eigenvalue weighted by Gasteiger charge is 2.46. The number of aromatic nitrogens is 2. The van der Waals surface area contributed by atoms with Gasteiger partial charge in [0, 0.05) is 49.7 Å². The van der Waals surface area contributed by atoms with Crippen LogP contribution < -0.4 is 30.9 Å². The van der Waals surface area contributed by atoms with E-state index in [4.69, 9.17) is 18.9 Å². The molecule has 6 rings (SSSR count). The van der Waals surface area contributed by atoms with E-state index < -0.39 is 42.2 Å². The molecule has 3 heterocycles. The van der Waals surface area contributed by atoms with Gasteiger partial charge in [-0.15, -0.1) is 0 Å². The summed E-state index contributed by atoms with van der Waals surface area (Å²) in [5, 5.41) is 11.0. The highest BCUT2D eigenvalue weighted by atomic mass is 16.5. The molecular weight excluding hydrogens is 789 g/mol. The molecule has 1 atom stereocenters. The molecule has 0 spiro atoms. The van der Waals surface area contributed by atoms with Crippen molar-refractivity contribution in [2.45, 2.75) is 32.2 Å². The molecule has 3 aromatic carbocycles. The molecule has 4 N–H and O–H groups in total. The third-order valence-corrected chi connectivity index (χ3v) is 9.54. The van der Waals surface area contributed by atoms with Crippen molar-refractivity contribution in [1.82, 2.24) is 25.5 Å². The van der Waals surface area contributed by atoms with Crippen LogP contribution in [-0.2, 0) is 39.8 Å². The lowest BCUT2D eigenvalue weighted by Gasteiger charge is -2.27. The van der Waals surface area contributed by atoms with Crippen molar-refractivity contribution < 1.29 is 47.7 Å². The first-order valence-electron chi connectivity index (χ1n) is 19.8. The van der Waals surface area contributed by atoms with Crippen molar-refractivity contribution in [2.24, 2.45) is 0 Å². The number of amides is 6. The van der Waals surface area contributed by atoms with E-state index in [2.05, 4.69) is 31.2 Å². The van der Waals surface area contributed by atoms with Crippen LogP contribution in [0.15, 0.2) is 78.9 Å². The van der Waals surface area contributed by atoms with Crippen molar-refractivity contribution in [3.63, 3.8) is 0 Å². The van der Waals surface area contributed by atoms with Gasteiger partial charge in [0.1, 0.15) is 17.6 Å². The van der Waals surface area contributed by atoms with Gasteiger partial charge in [0.25, 0.3) is 17.7 Å². The van der Waals surface area contributed by atoms with E-state index in [1.807, 2.05) is 79.5 Å². The molecule has 0 aliphatic carbocycles. The third kappa shape index (κ3) is 12.4. The average molecular weight is 837 g/mol. The summed E-state index contributed by atoms with van der Waals surface area (Å²) < 4.78 is 22.4. The molecule has 1 aromatic heterocycles. The summed E-state index contributed by atoms with van der Waals surface area (Å²) in [7, 11) is 1.92. The number of likely N-dealkylation sites (N-methyl/N-ethyl adjacent to an activating group) is 1. The SMILES string of the molecule is Cc1cc(N(C)CCOCCOCCOCCNC(=O)COc2cccc3c2C(=O)N(C2CCC(=O)NC2=O)C3=O)nc(Nc2ccc(NC(=O)Cc3ccccc3)cc2)n1. The number of hydrogen-bond acceptors (Lipinski definition) is 14. The zero-order chi connectivity index (χ0) is 43.1. The lowest BCUT2D eigenvalue weighted by atomic mass is 10.0. The second-order valence-corrected chi connectivity index (χ2v) is 14.1. The van der Waals surface area contributed by atoms with Crippen LogP contribution in [0.2, 0.25) is 0 Å². The molecule has 0 saturated carbocycles. The average Bonchev–Trinajstić information content (AvgIpc) is 3.50. The fourth-order valence-corrected chi connectivity index (χ4v) is 6.47. The van der Waals surface area contributed by atoms with Gasteiger partial charge in [-0.05, 0) is 55.3 Å². The minimum absolute atomic E-state index is 0.00636. The summed E-state index contributed by atoms with van der Waals surface area (Å²) in [6, 6.07) is 22.1. The molecule has 2 aliphatic rings. The predicted octanol–water partition coefficient (Wildman–Crippen LogP) is 2.79. The van der Waals surface area contributed by atoms with E-state index in [1.54, 1.807) is 0 Å². The van der Waals surface area contributed by atoms with Crippen molar-refractivity contribution in [2.75, 3.05) is 81.9 Å². The molecule has 2 aliphatic heterocycles. The minimum atomic E-state index is -1.11. The highest BCUT2D eigenvalue weighted by molar-refractivity contribution is 6.24. The maximum absolute atomic E-state index is 13.2. The van der Waals surface area contributed by atoms with Crippen molar-refractivity contribution in [3.05, 3.63) is 101 Å². The third-order valence-electron chi connectivity index (χ3n) is 9.54. The Morgan fingerprint density at radius 2 is 1.52 bits per heavy atom. The molecule has 1 saturated heterocycles. The molecule has 320 valence electrons. The zero-order valence-corrected chi connectivity index (χ0v) is 33.9. The first-order chi connectivity index (χ1) is 29.5. The van der Waals surface area contributed by atoms with Crippen LogP contribution in [-0.4, -0.2) is 123 Å². The van der Waals surface area contributed by atoms with Gasteiger partial charge >= 0.3 is 0 Å². The predicted molar refractivity (Wildman–Crippen MR) is 223 cm³/mol. The monoisotopic (exact) mass is 836 g/mol. The molecule has 4 aromatic rings. The van der Waals surface area contributed by atoms with Crippen LogP contribution in [0.4, 0.5) is 23.1 Å². The number of nitrogens with one attached hydrogen (secondary N) is 4. The second-order valence-electron chi connectivity index (χ2n) is 14.1. The van der Waals surface area contributed by atoms with Gasteiger partial charge in [-0.25, -0.2) is 4.98 Å². The maximum atomic E-state index is 13.2. The molecule has 61 heavy (non-hydrogen) atoms. The number of rotatable bonds is 22. The summed E-state index contributed by atoms with van der Waals surface area (Å²) in [5.74, 6) is -1.89. The largest absolute Gasteiger partial charge is 0.483 e. The number of nitrogens with zero attached hydrogens (tertiary/aromatic N) is 4. The van der Waals surface area contributed by atoms with Crippen LogP contribution in [0.1, 0.15) is 44.8 Å². The van der Waals surface area contributed by atoms with Crippen LogP contribution >= 0.6 is 0 Å². The highest BCUT2D eigenvalue weighted by Crippen LogP contribution is 2.33. The van der Waals surface area contributed by atoms with Gasteiger partial charge in [0.05, 0.1) is 57.2 Å². The van der Waals surface area contributed by atoms with Gasteiger partial charge in [-0.3, -0.25) is 39.0 Å². The van der Waals surface area contributed by atoms with Crippen LogP contribution in [0.25, 0.3) is 0 Å². The Morgan fingerprint density at radius 1 is 0.820 bits per heavy atom. The molecule has 1 unspecified atom stereocenters. The number of fused-ring (bicyclic) bond motifs is 1. The number of carbonyl (C=O) groups excluding carboxylic acids is 6. The summed E-state index contributed by atoms with van der Waals surface area (Å²) in [4.78, 5) is 86.8. The van der Waals surface area contributed by atoms with E-state index in [1.165, 1.54) is 18.2 Å². The fourth-order valence-electron chi connectivity index (χ4n) is 6.47. The van der Waals surface area contributed by atoms with Gasteiger partial charge < -0.3 is 39.8 Å². The van der Waals surface area contributed by atoms with E-state index in [-0.39, 0.29) is 48.8 Å². The van der Waals surface area contributed by atoms with Crippen molar-refractivity contribution >= 4 is 58.6 Å². The van der Waals surface area contributed by atoms with Crippen LogP contribution in [0.5, 0.6) is 5.75 Å². The first kappa shape index (κ1) is 43.8. The topological polar surface area (TPSA) is 220 Å². The van der Waals surface area contributed by atoms with Gasteiger partial charge in [0.2, 0.25) is 23.7 Å². The standard InChI is InChI=1S/C43H48N8O10/c1-28-25-35(48-43(45-28)47-31-13-11-30(12-14-31)46-37(53)26-29-7-4-3-5-8-29)50(2)18-20-59-22-24-60-23-21-58-19-17-44-38(54)27-61-34-10-6-9-32-39(34)42(57)51(41(32)56)33-15-16-36(52)49-40(33)55/h3-14,25,33H,15-24,26-27H2,1-2H3,(H,44,54)(H,46,53)(H,45,47,48)(H,49,52,55). The zero-order valence-electron chi connectivity index (χ0n) is 33.9. The van der Waals surface area contributed by atoms with Gasteiger partial charge in [-0.1, -0.05) is 36.4 Å². The number of ether oxygens (including phenoxy) is 4. The van der Waals surface area contributed by atoms with E-state index >= 15 is 0 Å². The Labute approximate surface area is 352 Å². The van der Waals surface area contributed by atoms with Crippen LogP contribution in [0, 0.1) is 6.92 Å². The van der Waals surface area contributed by atoms with Crippen LogP contribution in [0.3, 0.4) is 0 Å². The van der Waals surface area contributed by atoms with E-state index in [0.717, 1.165) is 27.7 Å². The molecular formula is C43H48N8O10. The molecule has 0 radical (unpaired) electrons. The molecule has 1 fully saturated rings. The minimum Gasteiger partial charge on any atom is -0.483 e. The summed E-state index contributed by atoms with van der Waals surface area (Å²) in [5.41, 5.74) is 3.24. The molecule has 18 heteroatoms. The van der Waals surface area contributed by atoms with Crippen molar-refractivity contribution in [3.8, 4) is 5.75 Å². The number of piperidine rings is 1. The Kier molecular flexibility index (Phi) is 15.4.